The molecule has 1 aromatic heterocycles. The Balaban J connectivity index is 2.02. The number of hydrogen-bond donors (Lipinski definition) is 3. The zero-order valence-corrected chi connectivity index (χ0v) is 9.92. The first-order chi connectivity index (χ1) is 8.11. The Morgan fingerprint density at radius 3 is 2.82 bits per heavy atom. The van der Waals surface area contributed by atoms with Gasteiger partial charge >= 0.3 is 5.97 Å². The lowest BCUT2D eigenvalue weighted by atomic mass is 9.94. The summed E-state index contributed by atoms with van der Waals surface area (Å²) in [6, 6.07) is 0. The number of nitrogens with zero attached hydrogens (tertiary/aromatic N) is 1. The molecule has 1 fully saturated rings. The highest BCUT2D eigenvalue weighted by molar-refractivity contribution is 5.97. The van der Waals surface area contributed by atoms with Crippen molar-refractivity contribution in [3.05, 3.63) is 11.9 Å². The van der Waals surface area contributed by atoms with E-state index in [1.807, 2.05) is 6.20 Å². The van der Waals surface area contributed by atoms with Gasteiger partial charge in [0.05, 0.1) is 16.9 Å². The molecule has 3 rings (SSSR count). The molecule has 1 saturated carbocycles. The van der Waals surface area contributed by atoms with Crippen LogP contribution in [-0.2, 0) is 7.05 Å². The highest BCUT2D eigenvalue weighted by Gasteiger charge is 2.39. The van der Waals surface area contributed by atoms with Crippen LogP contribution in [0.3, 0.4) is 0 Å². The van der Waals surface area contributed by atoms with Gasteiger partial charge in [-0.05, 0) is 12.8 Å². The second-order valence-corrected chi connectivity index (χ2v) is 5.15. The number of carbonyl (C=O) groups is 1. The van der Waals surface area contributed by atoms with E-state index in [2.05, 4.69) is 10.6 Å². The van der Waals surface area contributed by atoms with E-state index in [9.17, 15) is 9.90 Å². The summed E-state index contributed by atoms with van der Waals surface area (Å²) < 4.78 is 1.67. The third-order valence-corrected chi connectivity index (χ3v) is 3.95. The molecule has 5 nitrogen and oxygen atoms in total. The van der Waals surface area contributed by atoms with Crippen LogP contribution in [-0.4, -0.2) is 27.7 Å². The molecule has 17 heavy (non-hydrogen) atoms. The molecular formula is C12H17N3O2. The molecule has 2 heterocycles. The second kappa shape index (κ2) is 3.42. The molecule has 5 heteroatoms. The zero-order chi connectivity index (χ0) is 12.0. The van der Waals surface area contributed by atoms with E-state index in [1.165, 1.54) is 12.8 Å². The molecule has 1 aromatic rings. The molecule has 92 valence electrons. The summed E-state index contributed by atoms with van der Waals surface area (Å²) in [7, 11) is 1.77. The van der Waals surface area contributed by atoms with Gasteiger partial charge in [-0.2, -0.15) is 0 Å². The summed E-state index contributed by atoms with van der Waals surface area (Å²) in [5, 5.41) is 16.1. The quantitative estimate of drug-likeness (QED) is 0.695. The Kier molecular flexibility index (Phi) is 2.11. The Morgan fingerprint density at radius 1 is 1.47 bits per heavy atom. The molecule has 0 amide bonds. The summed E-state index contributed by atoms with van der Waals surface area (Å²) in [5.74, 6) is -0.877. The average Bonchev–Trinajstić information content (AvgIpc) is 2.82. The second-order valence-electron chi connectivity index (χ2n) is 5.15. The fourth-order valence-corrected chi connectivity index (χ4v) is 3.07. The molecule has 1 spiro atoms. The normalized spacial score (nSPS) is 20.8. The van der Waals surface area contributed by atoms with Crippen molar-refractivity contribution in [3.63, 3.8) is 0 Å². The topological polar surface area (TPSA) is 66.3 Å². The van der Waals surface area contributed by atoms with Gasteiger partial charge in [-0.1, -0.05) is 12.8 Å². The van der Waals surface area contributed by atoms with Crippen molar-refractivity contribution in [2.75, 3.05) is 17.2 Å². The first-order valence-corrected chi connectivity index (χ1v) is 6.06. The Hall–Kier alpha value is -1.65. The SMILES string of the molecule is Cn1cc2c(c1C(=O)O)NC1(CCCC1)CN2. The maximum absolute atomic E-state index is 11.3. The lowest BCUT2D eigenvalue weighted by molar-refractivity contribution is 0.0687. The molecule has 1 aliphatic heterocycles. The maximum atomic E-state index is 11.3. The monoisotopic (exact) mass is 235 g/mol. The molecule has 1 aliphatic carbocycles. The zero-order valence-electron chi connectivity index (χ0n) is 9.92. The van der Waals surface area contributed by atoms with Gasteiger partial charge in [0.2, 0.25) is 0 Å². The van der Waals surface area contributed by atoms with Crippen molar-refractivity contribution >= 4 is 17.3 Å². The van der Waals surface area contributed by atoms with E-state index in [1.54, 1.807) is 11.6 Å². The van der Waals surface area contributed by atoms with Gasteiger partial charge in [0.25, 0.3) is 0 Å². The molecule has 0 bridgehead atoms. The van der Waals surface area contributed by atoms with Crippen LogP contribution in [0.5, 0.6) is 0 Å². The smallest absolute Gasteiger partial charge is 0.354 e. The van der Waals surface area contributed by atoms with Crippen LogP contribution in [0.2, 0.25) is 0 Å². The fourth-order valence-electron chi connectivity index (χ4n) is 3.07. The van der Waals surface area contributed by atoms with Crippen molar-refractivity contribution in [2.24, 2.45) is 7.05 Å². The molecular weight excluding hydrogens is 218 g/mol. The van der Waals surface area contributed by atoms with Crippen LogP contribution >= 0.6 is 0 Å². The van der Waals surface area contributed by atoms with Crippen molar-refractivity contribution in [2.45, 2.75) is 31.2 Å². The number of aromatic carboxylic acids is 1. The van der Waals surface area contributed by atoms with Crippen LogP contribution in [0.15, 0.2) is 6.20 Å². The lowest BCUT2D eigenvalue weighted by Gasteiger charge is -2.36. The number of fused-ring (bicyclic) bond motifs is 1. The van der Waals surface area contributed by atoms with Crippen LogP contribution in [0.25, 0.3) is 0 Å². The molecule has 2 aliphatic rings. The van der Waals surface area contributed by atoms with Gasteiger partial charge in [0, 0.05) is 19.8 Å². The predicted molar refractivity (Wildman–Crippen MR) is 65.7 cm³/mol. The molecule has 0 aromatic carbocycles. The highest BCUT2D eigenvalue weighted by Crippen LogP contribution is 2.41. The van der Waals surface area contributed by atoms with Crippen LogP contribution in [0.4, 0.5) is 11.4 Å². The number of aromatic nitrogens is 1. The molecule has 3 N–H and O–H groups in total. The Morgan fingerprint density at radius 2 is 2.18 bits per heavy atom. The van der Waals surface area contributed by atoms with Crippen LogP contribution in [0, 0.1) is 0 Å². The number of nitrogens with one attached hydrogen (secondary N) is 2. The van der Waals surface area contributed by atoms with Crippen molar-refractivity contribution in [1.29, 1.82) is 0 Å². The van der Waals surface area contributed by atoms with Crippen molar-refractivity contribution in [3.8, 4) is 0 Å². The van der Waals surface area contributed by atoms with E-state index in [-0.39, 0.29) is 5.54 Å². The Bertz CT molecular complexity index is 472. The van der Waals surface area contributed by atoms with Crippen LogP contribution < -0.4 is 10.6 Å². The highest BCUT2D eigenvalue weighted by atomic mass is 16.4. The van der Waals surface area contributed by atoms with Gasteiger partial charge in [-0.3, -0.25) is 0 Å². The van der Waals surface area contributed by atoms with Gasteiger partial charge < -0.3 is 20.3 Å². The number of rotatable bonds is 1. The van der Waals surface area contributed by atoms with E-state index in [4.69, 9.17) is 0 Å². The minimum atomic E-state index is -0.877. The van der Waals surface area contributed by atoms with Crippen LogP contribution in [0.1, 0.15) is 36.2 Å². The van der Waals surface area contributed by atoms with Crippen molar-refractivity contribution in [1.82, 2.24) is 4.57 Å². The number of carboxylic acids is 1. The number of aryl methyl sites for hydroxylation is 1. The summed E-state index contributed by atoms with van der Waals surface area (Å²) in [5.41, 5.74) is 2.08. The van der Waals surface area contributed by atoms with E-state index in [0.717, 1.165) is 30.8 Å². The summed E-state index contributed by atoms with van der Waals surface area (Å²) in [6.45, 7) is 0.892. The van der Waals surface area contributed by atoms with Gasteiger partial charge in [-0.25, -0.2) is 4.79 Å². The largest absolute Gasteiger partial charge is 0.477 e. The molecule has 0 unspecified atom stereocenters. The summed E-state index contributed by atoms with van der Waals surface area (Å²) >= 11 is 0. The average molecular weight is 235 g/mol. The number of hydrogen-bond acceptors (Lipinski definition) is 3. The number of anilines is 2. The van der Waals surface area contributed by atoms with E-state index < -0.39 is 5.97 Å². The summed E-state index contributed by atoms with van der Waals surface area (Å²) in [4.78, 5) is 11.3. The Labute approximate surface area is 99.8 Å². The third kappa shape index (κ3) is 1.49. The molecule has 0 atom stereocenters. The fraction of sp³-hybridized carbons (Fsp3) is 0.583. The summed E-state index contributed by atoms with van der Waals surface area (Å²) in [6.07, 6.45) is 6.52. The standard InChI is InChI=1S/C12H17N3O2/c1-15-6-8-9(10(15)11(16)17)14-12(7-13-8)4-2-3-5-12/h6,13-14H,2-5,7H2,1H3,(H,16,17). The molecule has 0 radical (unpaired) electrons. The maximum Gasteiger partial charge on any atom is 0.354 e. The first kappa shape index (κ1) is 10.5. The molecule has 0 saturated heterocycles. The van der Waals surface area contributed by atoms with Gasteiger partial charge in [-0.15, -0.1) is 0 Å². The minimum Gasteiger partial charge on any atom is -0.477 e. The minimum absolute atomic E-state index is 0.0680. The third-order valence-electron chi connectivity index (χ3n) is 3.95. The van der Waals surface area contributed by atoms with E-state index in [0.29, 0.717) is 5.69 Å². The van der Waals surface area contributed by atoms with Gasteiger partial charge in [0.15, 0.2) is 5.69 Å². The first-order valence-electron chi connectivity index (χ1n) is 6.06. The predicted octanol–water partition coefficient (Wildman–Crippen LogP) is 1.87. The van der Waals surface area contributed by atoms with E-state index >= 15 is 0 Å². The van der Waals surface area contributed by atoms with Crippen molar-refractivity contribution < 1.29 is 9.90 Å². The number of carboxylic acid groups (broad SMARTS) is 1. The van der Waals surface area contributed by atoms with Gasteiger partial charge in [0.1, 0.15) is 0 Å². The lowest BCUT2D eigenvalue weighted by Crippen LogP contribution is -2.45.